The summed E-state index contributed by atoms with van der Waals surface area (Å²) in [4.78, 5) is 25.5. The van der Waals surface area contributed by atoms with E-state index in [1.54, 1.807) is 4.90 Å². The Kier molecular flexibility index (Phi) is 6.06. The van der Waals surface area contributed by atoms with E-state index >= 15 is 0 Å². The van der Waals surface area contributed by atoms with Gasteiger partial charge in [-0.1, -0.05) is 72.9 Å². The van der Waals surface area contributed by atoms with Crippen molar-refractivity contribution in [2.24, 2.45) is 0 Å². The predicted octanol–water partition coefficient (Wildman–Crippen LogP) is 4.69. The van der Waals surface area contributed by atoms with Gasteiger partial charge in [0.1, 0.15) is 4.32 Å². The molecule has 0 saturated carbocycles. The number of carbonyl (C=O) groups is 2. The van der Waals surface area contributed by atoms with Crippen LogP contribution in [0.1, 0.15) is 31.2 Å². The van der Waals surface area contributed by atoms with Crippen LogP contribution in [0.4, 0.5) is 0 Å². The molecule has 0 unspecified atom stereocenters. The van der Waals surface area contributed by atoms with Crippen LogP contribution in [0, 0.1) is 0 Å². The van der Waals surface area contributed by atoms with E-state index in [-0.39, 0.29) is 12.3 Å². The Balaban J connectivity index is 1.70. The summed E-state index contributed by atoms with van der Waals surface area (Å²) in [6, 6.07) is 14.1. The number of benzene rings is 2. The maximum atomic E-state index is 12.7. The number of rotatable bonds is 7. The third-order valence-electron chi connectivity index (χ3n) is 4.26. The molecule has 3 rings (SSSR count). The molecule has 6 heteroatoms. The lowest BCUT2D eigenvalue weighted by molar-refractivity contribution is -0.137. The number of unbranched alkanes of at least 4 members (excludes halogenated alkanes) is 2. The smallest absolute Gasteiger partial charge is 0.303 e. The van der Waals surface area contributed by atoms with Crippen molar-refractivity contribution in [2.45, 2.75) is 25.7 Å². The molecule has 0 spiro atoms. The van der Waals surface area contributed by atoms with Crippen LogP contribution in [0.2, 0.25) is 0 Å². The fourth-order valence-electron chi connectivity index (χ4n) is 2.93. The zero-order chi connectivity index (χ0) is 18.5. The van der Waals surface area contributed by atoms with E-state index in [1.165, 1.54) is 11.8 Å². The van der Waals surface area contributed by atoms with E-state index in [9.17, 15) is 9.59 Å². The van der Waals surface area contributed by atoms with Gasteiger partial charge in [-0.3, -0.25) is 14.5 Å². The van der Waals surface area contributed by atoms with Crippen molar-refractivity contribution >= 4 is 57.0 Å². The molecule has 1 fully saturated rings. The molecule has 0 bridgehead atoms. The highest BCUT2D eigenvalue weighted by atomic mass is 32.2. The van der Waals surface area contributed by atoms with E-state index in [4.69, 9.17) is 17.3 Å². The van der Waals surface area contributed by atoms with Crippen LogP contribution in [0.25, 0.3) is 16.8 Å². The average Bonchev–Trinajstić information content (AvgIpc) is 2.89. The molecule has 1 saturated heterocycles. The molecule has 0 atom stereocenters. The van der Waals surface area contributed by atoms with E-state index in [1.807, 2.05) is 36.4 Å². The number of aliphatic carboxylic acids is 1. The summed E-state index contributed by atoms with van der Waals surface area (Å²) < 4.78 is 0.569. The number of nitrogens with zero attached hydrogens (tertiary/aromatic N) is 1. The Morgan fingerprint density at radius 2 is 1.88 bits per heavy atom. The number of hydrogen-bond donors (Lipinski definition) is 1. The lowest BCUT2D eigenvalue weighted by Crippen LogP contribution is -2.29. The van der Waals surface area contributed by atoms with Crippen LogP contribution >= 0.6 is 24.0 Å². The highest BCUT2D eigenvalue weighted by Gasteiger charge is 2.31. The fraction of sp³-hybridized carbons (Fsp3) is 0.250. The number of carbonyl (C=O) groups excluding carboxylic acids is 1. The monoisotopic (exact) mass is 385 g/mol. The van der Waals surface area contributed by atoms with Crippen molar-refractivity contribution in [2.75, 3.05) is 6.54 Å². The number of amides is 1. The van der Waals surface area contributed by atoms with Crippen molar-refractivity contribution in [1.82, 2.24) is 4.90 Å². The molecule has 1 heterocycles. The zero-order valence-corrected chi connectivity index (χ0v) is 15.8. The highest BCUT2D eigenvalue weighted by Crippen LogP contribution is 2.34. The van der Waals surface area contributed by atoms with E-state index in [0.29, 0.717) is 22.2 Å². The minimum absolute atomic E-state index is 0.0637. The van der Waals surface area contributed by atoms with Crippen molar-refractivity contribution in [3.63, 3.8) is 0 Å². The molecule has 1 aliphatic rings. The fourth-order valence-corrected chi connectivity index (χ4v) is 4.23. The highest BCUT2D eigenvalue weighted by molar-refractivity contribution is 8.26. The first-order valence-electron chi connectivity index (χ1n) is 8.51. The van der Waals surface area contributed by atoms with Gasteiger partial charge < -0.3 is 5.11 Å². The summed E-state index contributed by atoms with van der Waals surface area (Å²) in [5.74, 6) is -0.847. The van der Waals surface area contributed by atoms with E-state index in [2.05, 4.69) is 12.1 Å². The van der Waals surface area contributed by atoms with Crippen molar-refractivity contribution in [3.8, 4) is 0 Å². The summed E-state index contributed by atoms with van der Waals surface area (Å²) >= 11 is 6.69. The predicted molar refractivity (Wildman–Crippen MR) is 110 cm³/mol. The molecule has 26 heavy (non-hydrogen) atoms. The van der Waals surface area contributed by atoms with Gasteiger partial charge in [-0.15, -0.1) is 0 Å². The molecule has 2 aromatic rings. The van der Waals surface area contributed by atoms with Crippen LogP contribution in [-0.4, -0.2) is 32.7 Å². The molecule has 0 aromatic heterocycles. The van der Waals surface area contributed by atoms with Crippen LogP contribution in [0.3, 0.4) is 0 Å². The number of thiocarbonyl (C=S) groups is 1. The normalized spacial score (nSPS) is 16.0. The van der Waals surface area contributed by atoms with Gasteiger partial charge in [0.25, 0.3) is 5.91 Å². The number of thioether (sulfide) groups is 1. The van der Waals surface area contributed by atoms with Crippen molar-refractivity contribution in [3.05, 3.63) is 52.9 Å². The number of carboxylic acids is 1. The van der Waals surface area contributed by atoms with Gasteiger partial charge in [0.2, 0.25) is 0 Å². The van der Waals surface area contributed by atoms with Gasteiger partial charge in [0, 0.05) is 13.0 Å². The minimum atomic E-state index is -0.784. The number of hydrogen-bond acceptors (Lipinski definition) is 4. The number of fused-ring (bicyclic) bond motifs is 1. The Labute approximate surface area is 161 Å². The first-order valence-corrected chi connectivity index (χ1v) is 9.73. The molecule has 0 radical (unpaired) electrons. The van der Waals surface area contributed by atoms with Gasteiger partial charge in [0.15, 0.2) is 0 Å². The minimum Gasteiger partial charge on any atom is -0.481 e. The number of carboxylic acid groups (broad SMARTS) is 1. The second-order valence-corrected chi connectivity index (χ2v) is 7.78. The largest absolute Gasteiger partial charge is 0.481 e. The Hall–Kier alpha value is -2.18. The maximum absolute atomic E-state index is 12.7. The third-order valence-corrected chi connectivity index (χ3v) is 5.63. The lowest BCUT2D eigenvalue weighted by Gasteiger charge is -2.13. The molecule has 134 valence electrons. The van der Waals surface area contributed by atoms with Crippen LogP contribution in [-0.2, 0) is 9.59 Å². The molecular weight excluding hydrogens is 366 g/mol. The van der Waals surface area contributed by atoms with Gasteiger partial charge in [0.05, 0.1) is 4.91 Å². The summed E-state index contributed by atoms with van der Waals surface area (Å²) in [6.45, 7) is 0.539. The first kappa shape index (κ1) is 18.6. The topological polar surface area (TPSA) is 57.6 Å². The third kappa shape index (κ3) is 4.31. The zero-order valence-electron chi connectivity index (χ0n) is 14.2. The quantitative estimate of drug-likeness (QED) is 0.426. The first-order chi connectivity index (χ1) is 12.6. The van der Waals surface area contributed by atoms with Crippen molar-refractivity contribution in [1.29, 1.82) is 0 Å². The Morgan fingerprint density at radius 1 is 1.12 bits per heavy atom. The molecular formula is C20H19NO3S2. The van der Waals surface area contributed by atoms with Crippen LogP contribution in [0.15, 0.2) is 47.4 Å². The van der Waals surface area contributed by atoms with Gasteiger partial charge in [-0.05, 0) is 35.3 Å². The summed E-state index contributed by atoms with van der Waals surface area (Å²) in [5, 5.41) is 10.9. The lowest BCUT2D eigenvalue weighted by atomic mass is 10.0. The van der Waals surface area contributed by atoms with Crippen molar-refractivity contribution < 1.29 is 14.7 Å². The maximum Gasteiger partial charge on any atom is 0.303 e. The van der Waals surface area contributed by atoms with E-state index < -0.39 is 5.97 Å². The Morgan fingerprint density at radius 3 is 2.69 bits per heavy atom. The van der Waals surface area contributed by atoms with E-state index in [0.717, 1.165) is 29.2 Å². The summed E-state index contributed by atoms with van der Waals surface area (Å²) in [5.41, 5.74) is 1.00. The second kappa shape index (κ2) is 8.47. The van der Waals surface area contributed by atoms with Gasteiger partial charge in [-0.2, -0.15) is 0 Å². The van der Waals surface area contributed by atoms with Crippen LogP contribution in [0.5, 0.6) is 0 Å². The average molecular weight is 386 g/mol. The van der Waals surface area contributed by atoms with Gasteiger partial charge in [-0.25, -0.2) is 0 Å². The SMILES string of the molecule is O=C(O)CCCCCN1C(=O)C(=Cc2cccc3ccccc23)SC1=S. The molecule has 4 nitrogen and oxygen atoms in total. The standard InChI is InChI=1S/C20H19NO3S2/c22-18(23)11-2-1-5-12-21-19(24)17(26-20(21)25)13-15-9-6-8-14-7-3-4-10-16(14)15/h3-4,6-10,13H,1-2,5,11-12H2,(H,22,23). The molecule has 0 aliphatic carbocycles. The molecule has 1 N–H and O–H groups in total. The summed E-state index contributed by atoms with van der Waals surface area (Å²) in [7, 11) is 0. The Bertz CT molecular complexity index is 886. The van der Waals surface area contributed by atoms with Crippen LogP contribution < -0.4 is 0 Å². The molecule has 1 aliphatic heterocycles. The van der Waals surface area contributed by atoms with Gasteiger partial charge >= 0.3 is 5.97 Å². The summed E-state index contributed by atoms with van der Waals surface area (Å²) in [6.07, 6.45) is 4.22. The second-order valence-electron chi connectivity index (χ2n) is 6.11. The molecule has 2 aromatic carbocycles. The molecule has 1 amide bonds.